The van der Waals surface area contributed by atoms with E-state index in [-0.39, 0.29) is 17.1 Å². The minimum absolute atomic E-state index is 0.151. The van der Waals surface area contributed by atoms with E-state index in [0.717, 1.165) is 30.5 Å². The van der Waals surface area contributed by atoms with Crippen molar-refractivity contribution < 1.29 is 12.8 Å². The topological polar surface area (TPSA) is 46.2 Å². The van der Waals surface area contributed by atoms with Crippen LogP contribution in [-0.2, 0) is 9.84 Å². The van der Waals surface area contributed by atoms with E-state index in [9.17, 15) is 12.8 Å². The Kier molecular flexibility index (Phi) is 4.13. The van der Waals surface area contributed by atoms with E-state index >= 15 is 0 Å². The van der Waals surface area contributed by atoms with Crippen LogP contribution in [0.5, 0.6) is 0 Å². The smallest absolute Gasteiger partial charge is 0.150 e. The van der Waals surface area contributed by atoms with Gasteiger partial charge in [0, 0.05) is 18.0 Å². The van der Waals surface area contributed by atoms with Crippen LogP contribution in [0, 0.1) is 12.7 Å². The Bertz CT molecular complexity index is 557. The maximum Gasteiger partial charge on any atom is 0.150 e. The predicted octanol–water partition coefficient (Wildman–Crippen LogP) is 2.90. The van der Waals surface area contributed by atoms with Crippen molar-refractivity contribution in [1.82, 2.24) is 0 Å². The third-order valence-corrected chi connectivity index (χ3v) is 5.42. The summed E-state index contributed by atoms with van der Waals surface area (Å²) in [6, 6.07) is 4.78. The molecule has 19 heavy (non-hydrogen) atoms. The highest BCUT2D eigenvalue weighted by Gasteiger charge is 2.28. The Morgan fingerprint density at radius 1 is 1.32 bits per heavy atom. The second-order valence-electron chi connectivity index (χ2n) is 5.42. The van der Waals surface area contributed by atoms with Crippen molar-refractivity contribution in [2.75, 3.05) is 11.6 Å². The normalized spacial score (nSPS) is 24.2. The number of hydrogen-bond acceptors (Lipinski definition) is 3. The highest BCUT2D eigenvalue weighted by molar-refractivity contribution is 7.91. The number of anilines is 1. The lowest BCUT2D eigenvalue weighted by Gasteiger charge is -2.29. The molecule has 1 fully saturated rings. The van der Waals surface area contributed by atoms with Gasteiger partial charge in [-0.05, 0) is 49.9 Å². The lowest BCUT2D eigenvalue weighted by atomic mass is 9.94. The van der Waals surface area contributed by atoms with Crippen LogP contribution in [-0.4, -0.2) is 26.0 Å². The monoisotopic (exact) mass is 285 g/mol. The molecule has 2 unspecified atom stereocenters. The summed E-state index contributed by atoms with van der Waals surface area (Å²) < 4.78 is 36.3. The molecule has 1 aliphatic carbocycles. The molecule has 0 bridgehead atoms. The molecule has 5 heteroatoms. The van der Waals surface area contributed by atoms with Crippen LogP contribution in [0.15, 0.2) is 18.2 Å². The van der Waals surface area contributed by atoms with Gasteiger partial charge in [0.25, 0.3) is 0 Å². The first kappa shape index (κ1) is 14.3. The molecule has 1 aliphatic rings. The number of rotatable bonds is 3. The molecule has 2 atom stereocenters. The predicted molar refractivity (Wildman–Crippen MR) is 75.6 cm³/mol. The molecule has 1 N–H and O–H groups in total. The molecule has 0 heterocycles. The van der Waals surface area contributed by atoms with E-state index in [2.05, 4.69) is 5.32 Å². The van der Waals surface area contributed by atoms with Crippen molar-refractivity contribution in [2.45, 2.75) is 43.9 Å². The van der Waals surface area contributed by atoms with Crippen molar-refractivity contribution in [2.24, 2.45) is 0 Å². The van der Waals surface area contributed by atoms with E-state index in [4.69, 9.17) is 0 Å². The zero-order valence-electron chi connectivity index (χ0n) is 11.3. The number of halogens is 1. The molecular formula is C14H20FNO2S. The van der Waals surface area contributed by atoms with Crippen LogP contribution < -0.4 is 5.32 Å². The lowest BCUT2D eigenvalue weighted by molar-refractivity contribution is 0.453. The Balaban J connectivity index is 2.07. The molecule has 3 nitrogen and oxygen atoms in total. The third kappa shape index (κ3) is 3.69. The van der Waals surface area contributed by atoms with E-state index in [1.807, 2.05) is 6.92 Å². The Morgan fingerprint density at radius 2 is 2.05 bits per heavy atom. The second-order valence-corrected chi connectivity index (χ2v) is 7.74. The van der Waals surface area contributed by atoms with Gasteiger partial charge in [-0.3, -0.25) is 0 Å². The first-order valence-corrected chi connectivity index (χ1v) is 8.53. The molecule has 1 saturated carbocycles. The van der Waals surface area contributed by atoms with Gasteiger partial charge in [-0.1, -0.05) is 6.42 Å². The van der Waals surface area contributed by atoms with Gasteiger partial charge in [0.15, 0.2) is 0 Å². The zero-order chi connectivity index (χ0) is 14.0. The molecule has 1 aromatic rings. The fourth-order valence-corrected chi connectivity index (χ4v) is 3.85. The van der Waals surface area contributed by atoms with E-state index < -0.39 is 9.84 Å². The lowest BCUT2D eigenvalue weighted by Crippen LogP contribution is -2.34. The number of hydrogen-bond donors (Lipinski definition) is 1. The number of aryl methyl sites for hydroxylation is 1. The quantitative estimate of drug-likeness (QED) is 0.929. The summed E-state index contributed by atoms with van der Waals surface area (Å²) in [4.78, 5) is 0. The summed E-state index contributed by atoms with van der Waals surface area (Å²) >= 11 is 0. The molecule has 0 aliphatic heterocycles. The average Bonchev–Trinajstić information content (AvgIpc) is 2.32. The maximum absolute atomic E-state index is 13.0. The SMILES string of the molecule is Cc1cc(F)ccc1NC1CCCC(S(C)(=O)=O)C1. The Morgan fingerprint density at radius 3 is 2.68 bits per heavy atom. The van der Waals surface area contributed by atoms with Gasteiger partial charge in [-0.15, -0.1) is 0 Å². The van der Waals surface area contributed by atoms with Gasteiger partial charge >= 0.3 is 0 Å². The standard InChI is InChI=1S/C14H20FNO2S/c1-10-8-11(15)6-7-14(10)16-12-4-3-5-13(9-12)19(2,17)18/h6-8,12-13,16H,3-5,9H2,1-2H3. The van der Waals surface area contributed by atoms with Crippen molar-refractivity contribution in [3.8, 4) is 0 Å². The van der Waals surface area contributed by atoms with Crippen LogP contribution in [0.1, 0.15) is 31.2 Å². The highest BCUT2D eigenvalue weighted by atomic mass is 32.2. The molecule has 2 rings (SSSR count). The average molecular weight is 285 g/mol. The van der Waals surface area contributed by atoms with Crippen LogP contribution in [0.2, 0.25) is 0 Å². The van der Waals surface area contributed by atoms with Crippen molar-refractivity contribution in [3.05, 3.63) is 29.6 Å². The molecule has 0 radical (unpaired) electrons. The van der Waals surface area contributed by atoms with E-state index in [1.165, 1.54) is 18.4 Å². The Labute approximate surface area is 114 Å². The summed E-state index contributed by atoms with van der Waals surface area (Å²) in [5.74, 6) is -0.249. The van der Waals surface area contributed by atoms with Crippen LogP contribution in [0.3, 0.4) is 0 Å². The van der Waals surface area contributed by atoms with Crippen molar-refractivity contribution >= 4 is 15.5 Å². The third-order valence-electron chi connectivity index (χ3n) is 3.78. The summed E-state index contributed by atoms with van der Waals surface area (Å²) in [5, 5.41) is 3.10. The molecule has 1 aromatic carbocycles. The first-order chi connectivity index (χ1) is 8.86. The van der Waals surface area contributed by atoms with Gasteiger partial charge in [-0.2, -0.15) is 0 Å². The Hall–Kier alpha value is -1.10. The summed E-state index contributed by atoms with van der Waals surface area (Å²) in [7, 11) is -2.97. The van der Waals surface area contributed by atoms with Gasteiger partial charge in [0.05, 0.1) is 5.25 Å². The number of nitrogens with one attached hydrogen (secondary N) is 1. The molecule has 0 saturated heterocycles. The fraction of sp³-hybridized carbons (Fsp3) is 0.571. The van der Waals surface area contributed by atoms with Gasteiger partial charge < -0.3 is 5.32 Å². The summed E-state index contributed by atoms with van der Waals surface area (Å²) in [6.45, 7) is 1.85. The minimum Gasteiger partial charge on any atom is -0.382 e. The molecule has 106 valence electrons. The maximum atomic E-state index is 13.0. The van der Waals surface area contributed by atoms with Gasteiger partial charge in [-0.25, -0.2) is 12.8 Å². The van der Waals surface area contributed by atoms with E-state index in [1.54, 1.807) is 6.07 Å². The van der Waals surface area contributed by atoms with Crippen molar-refractivity contribution in [3.63, 3.8) is 0 Å². The largest absolute Gasteiger partial charge is 0.382 e. The second kappa shape index (κ2) is 5.49. The minimum atomic E-state index is -2.97. The van der Waals surface area contributed by atoms with Gasteiger partial charge in [0.1, 0.15) is 15.7 Å². The number of sulfone groups is 1. The summed E-state index contributed by atoms with van der Waals surface area (Å²) in [6.07, 6.45) is 4.57. The van der Waals surface area contributed by atoms with Crippen LogP contribution in [0.25, 0.3) is 0 Å². The van der Waals surface area contributed by atoms with Crippen molar-refractivity contribution in [1.29, 1.82) is 0 Å². The van der Waals surface area contributed by atoms with Gasteiger partial charge in [0.2, 0.25) is 0 Å². The molecule has 0 spiro atoms. The van der Waals surface area contributed by atoms with Crippen LogP contribution in [0.4, 0.5) is 10.1 Å². The zero-order valence-corrected chi connectivity index (χ0v) is 12.1. The fourth-order valence-electron chi connectivity index (χ4n) is 2.67. The van der Waals surface area contributed by atoms with E-state index in [0.29, 0.717) is 6.42 Å². The highest BCUT2D eigenvalue weighted by Crippen LogP contribution is 2.27. The summed E-state index contributed by atoms with van der Waals surface area (Å²) in [5.41, 5.74) is 1.74. The molecule has 0 aromatic heterocycles. The molecular weight excluding hydrogens is 265 g/mol. The van der Waals surface area contributed by atoms with Crippen LogP contribution >= 0.6 is 0 Å². The first-order valence-electron chi connectivity index (χ1n) is 6.58. The molecule has 0 amide bonds. The number of benzene rings is 1.